The molecule has 0 aliphatic heterocycles. The van der Waals surface area contributed by atoms with E-state index in [1.54, 1.807) is 7.11 Å². The Morgan fingerprint density at radius 3 is 2.50 bits per heavy atom. The van der Waals surface area contributed by atoms with Gasteiger partial charge >= 0.3 is 0 Å². The van der Waals surface area contributed by atoms with Gasteiger partial charge in [0.15, 0.2) is 5.96 Å². The van der Waals surface area contributed by atoms with Crippen molar-refractivity contribution in [3.8, 4) is 0 Å². The SMILES string of the molecule is CCCNC(=O)CCNC(=NCC1(CCOC)CCCC1)NCC. The van der Waals surface area contributed by atoms with Crippen molar-refractivity contribution in [1.29, 1.82) is 0 Å². The molecule has 3 N–H and O–H groups in total. The van der Waals surface area contributed by atoms with Crippen molar-refractivity contribution in [1.82, 2.24) is 16.0 Å². The van der Waals surface area contributed by atoms with E-state index in [-0.39, 0.29) is 11.3 Å². The Morgan fingerprint density at radius 1 is 1.12 bits per heavy atom. The highest BCUT2D eigenvalue weighted by Crippen LogP contribution is 2.41. The first-order chi connectivity index (χ1) is 11.7. The first-order valence-corrected chi connectivity index (χ1v) is 9.43. The highest BCUT2D eigenvalue weighted by atomic mass is 16.5. The highest BCUT2D eigenvalue weighted by molar-refractivity contribution is 5.81. The second kappa shape index (κ2) is 12.1. The molecule has 0 spiro atoms. The van der Waals surface area contributed by atoms with Crippen molar-refractivity contribution in [2.45, 2.75) is 58.8 Å². The summed E-state index contributed by atoms with van der Waals surface area (Å²) in [6.07, 6.45) is 7.57. The Kier molecular flexibility index (Phi) is 10.5. The van der Waals surface area contributed by atoms with Crippen LogP contribution < -0.4 is 16.0 Å². The van der Waals surface area contributed by atoms with Crippen molar-refractivity contribution in [2.75, 3.05) is 39.9 Å². The molecule has 0 saturated heterocycles. The Labute approximate surface area is 147 Å². The Bertz CT molecular complexity index is 379. The van der Waals surface area contributed by atoms with Crippen LogP contribution in [0.2, 0.25) is 0 Å². The molecule has 0 radical (unpaired) electrons. The normalized spacial score (nSPS) is 16.9. The van der Waals surface area contributed by atoms with Crippen LogP contribution in [0.4, 0.5) is 0 Å². The molecule has 1 amide bonds. The quantitative estimate of drug-likeness (QED) is 0.397. The van der Waals surface area contributed by atoms with Crippen molar-refractivity contribution >= 4 is 11.9 Å². The van der Waals surface area contributed by atoms with Gasteiger partial charge in [-0.25, -0.2) is 0 Å². The van der Waals surface area contributed by atoms with Crippen LogP contribution >= 0.6 is 0 Å². The number of hydrogen-bond donors (Lipinski definition) is 3. The number of hydrogen-bond acceptors (Lipinski definition) is 3. The van der Waals surface area contributed by atoms with Crippen LogP contribution in [-0.4, -0.2) is 51.8 Å². The number of aliphatic imine (C=N–C) groups is 1. The van der Waals surface area contributed by atoms with E-state index in [2.05, 4.69) is 29.8 Å². The zero-order valence-electron chi connectivity index (χ0n) is 15.7. The lowest BCUT2D eigenvalue weighted by Gasteiger charge is -2.27. The fourth-order valence-electron chi connectivity index (χ4n) is 3.17. The van der Waals surface area contributed by atoms with Gasteiger partial charge < -0.3 is 20.7 Å². The van der Waals surface area contributed by atoms with E-state index < -0.39 is 0 Å². The molecule has 1 aliphatic rings. The van der Waals surface area contributed by atoms with E-state index in [1.165, 1.54) is 25.7 Å². The van der Waals surface area contributed by atoms with Crippen LogP contribution in [0, 0.1) is 5.41 Å². The van der Waals surface area contributed by atoms with Gasteiger partial charge in [0.05, 0.1) is 0 Å². The van der Waals surface area contributed by atoms with Gasteiger partial charge in [-0.05, 0) is 38.0 Å². The van der Waals surface area contributed by atoms with Gasteiger partial charge in [-0.3, -0.25) is 9.79 Å². The summed E-state index contributed by atoms with van der Waals surface area (Å²) >= 11 is 0. The number of carbonyl (C=O) groups excluding carboxylic acids is 1. The van der Waals surface area contributed by atoms with Gasteiger partial charge in [-0.15, -0.1) is 0 Å². The van der Waals surface area contributed by atoms with Crippen molar-refractivity contribution < 1.29 is 9.53 Å². The maximum Gasteiger partial charge on any atom is 0.221 e. The number of nitrogens with one attached hydrogen (secondary N) is 3. The van der Waals surface area contributed by atoms with E-state index in [0.717, 1.165) is 45.0 Å². The van der Waals surface area contributed by atoms with Gasteiger partial charge in [0.2, 0.25) is 5.91 Å². The molecular weight excluding hydrogens is 304 g/mol. The molecule has 1 aliphatic carbocycles. The molecule has 0 aromatic carbocycles. The van der Waals surface area contributed by atoms with Crippen LogP contribution in [0.5, 0.6) is 0 Å². The summed E-state index contributed by atoms with van der Waals surface area (Å²) in [7, 11) is 1.77. The van der Waals surface area contributed by atoms with Gasteiger partial charge in [-0.1, -0.05) is 19.8 Å². The molecule has 1 rings (SSSR count). The summed E-state index contributed by atoms with van der Waals surface area (Å²) < 4.78 is 5.28. The maximum absolute atomic E-state index is 11.7. The monoisotopic (exact) mass is 340 g/mol. The zero-order chi connectivity index (χ0) is 17.7. The number of rotatable bonds is 11. The third-order valence-corrected chi connectivity index (χ3v) is 4.63. The molecule has 1 saturated carbocycles. The first-order valence-electron chi connectivity index (χ1n) is 9.43. The first kappa shape index (κ1) is 20.7. The summed E-state index contributed by atoms with van der Waals surface area (Å²) in [6, 6.07) is 0. The van der Waals surface area contributed by atoms with Crippen LogP contribution in [0.15, 0.2) is 4.99 Å². The Balaban J connectivity index is 2.46. The van der Waals surface area contributed by atoms with Crippen LogP contribution in [0.3, 0.4) is 0 Å². The van der Waals surface area contributed by atoms with E-state index in [0.29, 0.717) is 13.0 Å². The molecule has 0 aromatic heterocycles. The predicted molar refractivity (Wildman–Crippen MR) is 99.3 cm³/mol. The van der Waals surface area contributed by atoms with Crippen molar-refractivity contribution in [2.24, 2.45) is 10.4 Å². The summed E-state index contributed by atoms with van der Waals surface area (Å²) in [5.74, 6) is 0.900. The van der Waals surface area contributed by atoms with E-state index in [9.17, 15) is 4.79 Å². The molecule has 0 atom stereocenters. The average molecular weight is 341 g/mol. The lowest BCUT2D eigenvalue weighted by atomic mass is 9.83. The van der Waals surface area contributed by atoms with E-state index in [4.69, 9.17) is 9.73 Å². The molecule has 6 nitrogen and oxygen atoms in total. The molecule has 0 bridgehead atoms. The largest absolute Gasteiger partial charge is 0.385 e. The lowest BCUT2D eigenvalue weighted by Crippen LogP contribution is -2.40. The smallest absolute Gasteiger partial charge is 0.221 e. The molecule has 0 unspecified atom stereocenters. The highest BCUT2D eigenvalue weighted by Gasteiger charge is 2.33. The number of guanidine groups is 1. The van der Waals surface area contributed by atoms with Crippen molar-refractivity contribution in [3.63, 3.8) is 0 Å². The molecule has 6 heteroatoms. The number of ether oxygens (including phenoxy) is 1. The Hall–Kier alpha value is -1.30. The third-order valence-electron chi connectivity index (χ3n) is 4.63. The minimum absolute atomic E-state index is 0.0903. The second-order valence-electron chi connectivity index (χ2n) is 6.67. The minimum Gasteiger partial charge on any atom is -0.385 e. The molecule has 0 heterocycles. The van der Waals surface area contributed by atoms with Crippen LogP contribution in [0.1, 0.15) is 58.8 Å². The van der Waals surface area contributed by atoms with Gasteiger partial charge in [-0.2, -0.15) is 0 Å². The number of methoxy groups -OCH3 is 1. The molecular formula is C18H36N4O2. The van der Waals surface area contributed by atoms with Gasteiger partial charge in [0, 0.05) is 46.3 Å². The molecule has 0 aromatic rings. The minimum atomic E-state index is 0.0903. The second-order valence-corrected chi connectivity index (χ2v) is 6.67. The summed E-state index contributed by atoms with van der Waals surface area (Å²) in [4.78, 5) is 16.4. The van der Waals surface area contributed by atoms with Crippen molar-refractivity contribution in [3.05, 3.63) is 0 Å². The topological polar surface area (TPSA) is 74.8 Å². The number of amides is 1. The summed E-state index contributed by atoms with van der Waals surface area (Å²) in [5.41, 5.74) is 0.289. The summed E-state index contributed by atoms with van der Waals surface area (Å²) in [6.45, 7) is 7.91. The molecule has 1 fully saturated rings. The van der Waals surface area contributed by atoms with E-state index >= 15 is 0 Å². The number of nitrogens with zero attached hydrogens (tertiary/aromatic N) is 1. The lowest BCUT2D eigenvalue weighted by molar-refractivity contribution is -0.120. The molecule has 24 heavy (non-hydrogen) atoms. The summed E-state index contributed by atoms with van der Waals surface area (Å²) in [5, 5.41) is 9.44. The fourth-order valence-corrected chi connectivity index (χ4v) is 3.17. The van der Waals surface area contributed by atoms with Gasteiger partial charge in [0.1, 0.15) is 0 Å². The third kappa shape index (κ3) is 7.99. The standard InChI is InChI=1S/C18H36N4O2/c1-4-12-20-16(23)8-13-21-17(19-5-2)22-15-18(11-14-24-3)9-6-7-10-18/h4-15H2,1-3H3,(H,20,23)(H2,19,21,22). The maximum atomic E-state index is 11.7. The van der Waals surface area contributed by atoms with Crippen LogP contribution in [0.25, 0.3) is 0 Å². The predicted octanol–water partition coefficient (Wildman–Crippen LogP) is 2.05. The zero-order valence-corrected chi connectivity index (χ0v) is 15.7. The van der Waals surface area contributed by atoms with Crippen LogP contribution in [-0.2, 0) is 9.53 Å². The number of carbonyl (C=O) groups is 1. The van der Waals surface area contributed by atoms with E-state index in [1.807, 2.05) is 0 Å². The Morgan fingerprint density at radius 2 is 1.88 bits per heavy atom. The fraction of sp³-hybridized carbons (Fsp3) is 0.889. The average Bonchev–Trinajstić information content (AvgIpc) is 3.05. The molecule has 140 valence electrons. The van der Waals surface area contributed by atoms with Gasteiger partial charge in [0.25, 0.3) is 0 Å².